The summed E-state index contributed by atoms with van der Waals surface area (Å²) < 4.78 is 1.37. The van der Waals surface area contributed by atoms with Gasteiger partial charge in [0.15, 0.2) is 0 Å². The second-order valence-electron chi connectivity index (χ2n) is 5.88. The fourth-order valence-electron chi connectivity index (χ4n) is 3.36. The molecular weight excluding hydrogens is 266 g/mol. The minimum atomic E-state index is 0.355. The van der Waals surface area contributed by atoms with Crippen LogP contribution in [0.5, 0.6) is 0 Å². The van der Waals surface area contributed by atoms with Gasteiger partial charge in [-0.25, -0.2) is 0 Å². The number of aliphatic hydroxyl groups excluding tert-OH is 1. The van der Waals surface area contributed by atoms with Gasteiger partial charge in [0.05, 0.1) is 0 Å². The van der Waals surface area contributed by atoms with Crippen LogP contribution in [0.25, 0.3) is 10.1 Å². The summed E-state index contributed by atoms with van der Waals surface area (Å²) in [5.41, 5.74) is 1.40. The van der Waals surface area contributed by atoms with Crippen LogP contribution >= 0.6 is 11.3 Å². The maximum Gasteiger partial charge on any atom is 0.0462 e. The maximum atomic E-state index is 9.46. The zero-order valence-corrected chi connectivity index (χ0v) is 12.7. The molecule has 2 aromatic rings. The molecule has 2 atom stereocenters. The van der Waals surface area contributed by atoms with Gasteiger partial charge in [-0.3, -0.25) is 0 Å². The van der Waals surface area contributed by atoms with Gasteiger partial charge in [0.1, 0.15) is 0 Å². The van der Waals surface area contributed by atoms with Crippen LogP contribution in [-0.2, 0) is 6.54 Å². The molecule has 3 heteroatoms. The molecule has 2 N–H and O–H groups in total. The minimum absolute atomic E-state index is 0.355. The monoisotopic (exact) mass is 289 g/mol. The van der Waals surface area contributed by atoms with Crippen molar-refractivity contribution in [2.24, 2.45) is 11.8 Å². The molecule has 0 radical (unpaired) electrons. The lowest BCUT2D eigenvalue weighted by Crippen LogP contribution is -2.32. The zero-order valence-electron chi connectivity index (χ0n) is 11.8. The molecule has 1 aromatic carbocycles. The molecule has 1 aliphatic carbocycles. The van der Waals surface area contributed by atoms with Gasteiger partial charge in [0.25, 0.3) is 0 Å². The molecule has 0 amide bonds. The molecule has 20 heavy (non-hydrogen) atoms. The summed E-state index contributed by atoms with van der Waals surface area (Å²) in [5, 5.41) is 16.7. The van der Waals surface area contributed by atoms with Crippen molar-refractivity contribution in [3.05, 3.63) is 35.2 Å². The van der Waals surface area contributed by atoms with E-state index in [2.05, 4.69) is 35.0 Å². The Balaban J connectivity index is 1.57. The summed E-state index contributed by atoms with van der Waals surface area (Å²) in [7, 11) is 0. The van der Waals surface area contributed by atoms with Gasteiger partial charge in [-0.1, -0.05) is 31.0 Å². The van der Waals surface area contributed by atoms with Crippen molar-refractivity contribution < 1.29 is 5.11 Å². The standard InChI is InChI=1S/C17H23NOS/c19-11-14-6-2-1-5-13(14)9-18-10-15-12-20-17-8-4-3-7-16(15)17/h3-4,7-8,12-14,18-19H,1-2,5-6,9-11H2. The third-order valence-corrected chi connectivity index (χ3v) is 5.60. The quantitative estimate of drug-likeness (QED) is 0.877. The average molecular weight is 289 g/mol. The Labute approximate surface area is 124 Å². The van der Waals surface area contributed by atoms with Gasteiger partial charge in [-0.15, -0.1) is 11.3 Å². The second-order valence-corrected chi connectivity index (χ2v) is 6.79. The zero-order chi connectivity index (χ0) is 13.8. The molecule has 0 aliphatic heterocycles. The third kappa shape index (κ3) is 3.05. The Hall–Kier alpha value is -0.900. The predicted octanol–water partition coefficient (Wildman–Crippen LogP) is 3.79. The minimum Gasteiger partial charge on any atom is -0.396 e. The fraction of sp³-hybridized carbons (Fsp3) is 0.529. The van der Waals surface area contributed by atoms with Crippen LogP contribution in [0.4, 0.5) is 0 Å². The molecule has 2 unspecified atom stereocenters. The van der Waals surface area contributed by atoms with E-state index in [0.29, 0.717) is 18.4 Å². The predicted molar refractivity (Wildman–Crippen MR) is 86.1 cm³/mol. The molecule has 1 heterocycles. The molecule has 0 bridgehead atoms. The van der Waals surface area contributed by atoms with Crippen LogP contribution < -0.4 is 5.32 Å². The number of fused-ring (bicyclic) bond motifs is 1. The van der Waals surface area contributed by atoms with E-state index in [1.165, 1.54) is 41.3 Å². The van der Waals surface area contributed by atoms with Crippen LogP contribution in [0.1, 0.15) is 31.2 Å². The Bertz CT molecular complexity index is 551. The molecule has 0 saturated heterocycles. The highest BCUT2D eigenvalue weighted by atomic mass is 32.1. The molecule has 2 nitrogen and oxygen atoms in total. The van der Waals surface area contributed by atoms with Crippen molar-refractivity contribution in [2.45, 2.75) is 32.2 Å². The van der Waals surface area contributed by atoms with E-state index in [0.717, 1.165) is 13.1 Å². The second kappa shape index (κ2) is 6.70. The molecule has 3 rings (SSSR count). The number of nitrogens with one attached hydrogen (secondary N) is 1. The lowest BCUT2D eigenvalue weighted by molar-refractivity contribution is 0.133. The largest absolute Gasteiger partial charge is 0.396 e. The topological polar surface area (TPSA) is 32.3 Å². The van der Waals surface area contributed by atoms with E-state index < -0.39 is 0 Å². The Kier molecular flexibility index (Phi) is 4.71. The Morgan fingerprint density at radius 1 is 1.15 bits per heavy atom. The number of thiophene rings is 1. The summed E-state index contributed by atoms with van der Waals surface area (Å²) in [6.45, 7) is 2.34. The highest BCUT2D eigenvalue weighted by Crippen LogP contribution is 2.29. The first-order valence-electron chi connectivity index (χ1n) is 7.65. The molecule has 108 valence electrons. The van der Waals surface area contributed by atoms with Gasteiger partial charge in [0, 0.05) is 17.9 Å². The van der Waals surface area contributed by atoms with E-state index in [4.69, 9.17) is 0 Å². The number of rotatable bonds is 5. The van der Waals surface area contributed by atoms with Crippen LogP contribution in [0, 0.1) is 11.8 Å². The molecule has 1 fully saturated rings. The van der Waals surface area contributed by atoms with Crippen molar-refractivity contribution in [3.63, 3.8) is 0 Å². The van der Waals surface area contributed by atoms with E-state index in [1.807, 2.05) is 11.3 Å². The van der Waals surface area contributed by atoms with E-state index in [9.17, 15) is 5.11 Å². The van der Waals surface area contributed by atoms with Crippen molar-refractivity contribution in [2.75, 3.05) is 13.2 Å². The first kappa shape index (κ1) is 14.1. The van der Waals surface area contributed by atoms with Crippen LogP contribution in [0.3, 0.4) is 0 Å². The lowest BCUT2D eigenvalue weighted by atomic mass is 9.79. The summed E-state index contributed by atoms with van der Waals surface area (Å²) in [5.74, 6) is 1.16. The van der Waals surface area contributed by atoms with E-state index in [1.54, 1.807) is 0 Å². The lowest BCUT2D eigenvalue weighted by Gasteiger charge is -2.30. The van der Waals surface area contributed by atoms with Crippen molar-refractivity contribution in [3.8, 4) is 0 Å². The van der Waals surface area contributed by atoms with Gasteiger partial charge < -0.3 is 10.4 Å². The van der Waals surface area contributed by atoms with Crippen molar-refractivity contribution >= 4 is 21.4 Å². The molecular formula is C17H23NOS. The first-order valence-corrected chi connectivity index (χ1v) is 8.53. The highest BCUT2D eigenvalue weighted by molar-refractivity contribution is 7.17. The molecule has 1 aromatic heterocycles. The van der Waals surface area contributed by atoms with Gasteiger partial charge in [-0.2, -0.15) is 0 Å². The summed E-state index contributed by atoms with van der Waals surface area (Å²) >= 11 is 1.83. The SMILES string of the molecule is OCC1CCCCC1CNCc1csc2ccccc12. The Morgan fingerprint density at radius 2 is 1.95 bits per heavy atom. The van der Waals surface area contributed by atoms with Gasteiger partial charge >= 0.3 is 0 Å². The van der Waals surface area contributed by atoms with Crippen LogP contribution in [-0.4, -0.2) is 18.3 Å². The smallest absolute Gasteiger partial charge is 0.0462 e. The third-order valence-electron chi connectivity index (χ3n) is 4.58. The van der Waals surface area contributed by atoms with Gasteiger partial charge in [0.2, 0.25) is 0 Å². The van der Waals surface area contributed by atoms with E-state index in [-0.39, 0.29) is 0 Å². The maximum absolute atomic E-state index is 9.46. The highest BCUT2D eigenvalue weighted by Gasteiger charge is 2.23. The fourth-order valence-corrected chi connectivity index (χ4v) is 4.32. The summed E-state index contributed by atoms with van der Waals surface area (Å²) in [6, 6.07) is 8.61. The normalized spacial score (nSPS) is 23.2. The molecule has 1 aliphatic rings. The summed E-state index contributed by atoms with van der Waals surface area (Å²) in [6.07, 6.45) is 5.08. The number of benzene rings is 1. The number of aliphatic hydroxyl groups is 1. The average Bonchev–Trinajstić information content (AvgIpc) is 2.91. The summed E-state index contributed by atoms with van der Waals surface area (Å²) in [4.78, 5) is 0. The number of hydrogen-bond acceptors (Lipinski definition) is 3. The van der Waals surface area contributed by atoms with Crippen LogP contribution in [0.15, 0.2) is 29.6 Å². The number of hydrogen-bond donors (Lipinski definition) is 2. The van der Waals surface area contributed by atoms with Crippen molar-refractivity contribution in [1.29, 1.82) is 0 Å². The van der Waals surface area contributed by atoms with Gasteiger partial charge in [-0.05, 0) is 53.6 Å². The molecule has 0 spiro atoms. The van der Waals surface area contributed by atoms with Crippen molar-refractivity contribution in [1.82, 2.24) is 5.32 Å². The first-order chi connectivity index (χ1) is 9.88. The van der Waals surface area contributed by atoms with E-state index >= 15 is 0 Å². The molecule has 1 saturated carbocycles. The Morgan fingerprint density at radius 3 is 2.80 bits per heavy atom. The van der Waals surface area contributed by atoms with Crippen LogP contribution in [0.2, 0.25) is 0 Å².